The molecule has 1 aliphatic heterocycles. The molecule has 2 aliphatic rings. The number of amides is 1. The number of carbonyl (C=O) groups excluding carboxylic acids is 1. The first-order chi connectivity index (χ1) is 11.5. The van der Waals surface area contributed by atoms with Crippen LogP contribution in [0.15, 0.2) is 21.7 Å². The van der Waals surface area contributed by atoms with Gasteiger partial charge in [0.25, 0.3) is 10.0 Å². The molecule has 1 aliphatic carbocycles. The lowest BCUT2D eigenvalue weighted by atomic mass is 9.92. The molecular formula is C16H24N2O4S2. The minimum Gasteiger partial charge on any atom is -0.393 e. The van der Waals surface area contributed by atoms with Crippen molar-refractivity contribution in [1.29, 1.82) is 0 Å². The average Bonchev–Trinajstić information content (AvgIpc) is 3.12. The highest BCUT2D eigenvalue weighted by atomic mass is 32.2. The Hall–Kier alpha value is -0.960. The topological polar surface area (TPSA) is 86.7 Å². The molecule has 0 radical (unpaired) electrons. The van der Waals surface area contributed by atoms with E-state index in [1.807, 2.05) is 0 Å². The predicted octanol–water partition coefficient (Wildman–Crippen LogP) is 1.57. The molecule has 2 heterocycles. The molecule has 24 heavy (non-hydrogen) atoms. The summed E-state index contributed by atoms with van der Waals surface area (Å²) >= 11 is 1.21. The number of rotatable bonds is 4. The zero-order chi connectivity index (χ0) is 17.2. The molecular weight excluding hydrogens is 348 g/mol. The van der Waals surface area contributed by atoms with Gasteiger partial charge in [0.1, 0.15) is 4.21 Å². The van der Waals surface area contributed by atoms with E-state index >= 15 is 0 Å². The number of hydrogen-bond acceptors (Lipinski definition) is 5. The van der Waals surface area contributed by atoms with Gasteiger partial charge < -0.3 is 10.4 Å². The van der Waals surface area contributed by atoms with Gasteiger partial charge in [0.05, 0.1) is 12.0 Å². The van der Waals surface area contributed by atoms with Crippen LogP contribution in [-0.2, 0) is 14.8 Å². The molecule has 1 saturated heterocycles. The second-order valence-electron chi connectivity index (χ2n) is 6.65. The van der Waals surface area contributed by atoms with E-state index in [4.69, 9.17) is 0 Å². The number of piperidine rings is 1. The summed E-state index contributed by atoms with van der Waals surface area (Å²) in [4.78, 5) is 12.5. The van der Waals surface area contributed by atoms with Gasteiger partial charge in [-0.2, -0.15) is 4.31 Å². The first-order valence-corrected chi connectivity index (χ1v) is 10.8. The fraction of sp³-hybridized carbons (Fsp3) is 0.688. The molecule has 134 valence electrons. The molecule has 0 spiro atoms. The molecule has 0 bridgehead atoms. The van der Waals surface area contributed by atoms with E-state index in [0.29, 0.717) is 30.0 Å². The van der Waals surface area contributed by atoms with E-state index in [0.717, 1.165) is 19.3 Å². The molecule has 2 N–H and O–H groups in total. The van der Waals surface area contributed by atoms with Crippen LogP contribution in [0.2, 0.25) is 0 Å². The van der Waals surface area contributed by atoms with Gasteiger partial charge in [0, 0.05) is 19.1 Å². The normalized spacial score (nSPS) is 29.3. The highest BCUT2D eigenvalue weighted by Gasteiger charge is 2.34. The van der Waals surface area contributed by atoms with E-state index in [9.17, 15) is 18.3 Å². The van der Waals surface area contributed by atoms with Crippen LogP contribution in [0.1, 0.15) is 38.5 Å². The van der Waals surface area contributed by atoms with Crippen molar-refractivity contribution in [2.45, 2.75) is 54.9 Å². The molecule has 6 nitrogen and oxygen atoms in total. The van der Waals surface area contributed by atoms with Gasteiger partial charge in [-0.05, 0) is 50.0 Å². The van der Waals surface area contributed by atoms with Crippen molar-refractivity contribution in [3.8, 4) is 0 Å². The van der Waals surface area contributed by atoms with Crippen LogP contribution in [-0.4, -0.2) is 49.0 Å². The van der Waals surface area contributed by atoms with E-state index in [1.165, 1.54) is 15.6 Å². The van der Waals surface area contributed by atoms with Gasteiger partial charge in [-0.15, -0.1) is 11.3 Å². The summed E-state index contributed by atoms with van der Waals surface area (Å²) in [5, 5.41) is 14.3. The summed E-state index contributed by atoms with van der Waals surface area (Å²) in [5.41, 5.74) is 0. The maximum atomic E-state index is 12.6. The third-order valence-corrected chi connectivity index (χ3v) is 8.13. The number of nitrogens with one attached hydrogen (secondary N) is 1. The Kier molecular flexibility index (Phi) is 5.59. The molecule has 0 unspecified atom stereocenters. The van der Waals surface area contributed by atoms with Crippen molar-refractivity contribution in [1.82, 2.24) is 9.62 Å². The number of thiophene rings is 1. The molecule has 1 aromatic rings. The summed E-state index contributed by atoms with van der Waals surface area (Å²) in [5.74, 6) is -0.345. The summed E-state index contributed by atoms with van der Waals surface area (Å²) < 4.78 is 27.0. The number of sulfonamides is 1. The summed E-state index contributed by atoms with van der Waals surface area (Å²) in [7, 11) is -3.49. The van der Waals surface area contributed by atoms with Gasteiger partial charge in [-0.3, -0.25) is 4.79 Å². The quantitative estimate of drug-likeness (QED) is 0.840. The standard InChI is InChI=1S/C16H24N2O4S2/c19-14-7-5-13(6-8-14)17-16(20)12-3-1-9-18(11-12)24(21,22)15-4-2-10-23-15/h2,4,10,12-14,19H,1,3,5-9,11H2,(H,17,20)/t12-,13-,14-/m0/s1. The Morgan fingerprint density at radius 2 is 2.00 bits per heavy atom. The smallest absolute Gasteiger partial charge is 0.252 e. The zero-order valence-corrected chi connectivity index (χ0v) is 15.2. The SMILES string of the molecule is O=C(N[C@H]1CC[C@H](O)CC1)[C@H]1CCCN(S(=O)(=O)c2cccs2)C1. The Bertz CT molecular complexity index is 652. The lowest BCUT2D eigenvalue weighted by Crippen LogP contribution is -2.48. The maximum absolute atomic E-state index is 12.6. The molecule has 1 saturated carbocycles. The number of aliphatic hydroxyl groups is 1. The fourth-order valence-corrected chi connectivity index (χ4v) is 6.12. The molecule has 1 amide bonds. The van der Waals surface area contributed by atoms with Gasteiger partial charge >= 0.3 is 0 Å². The number of nitrogens with zero attached hydrogens (tertiary/aromatic N) is 1. The Morgan fingerprint density at radius 1 is 1.25 bits per heavy atom. The maximum Gasteiger partial charge on any atom is 0.252 e. The summed E-state index contributed by atoms with van der Waals surface area (Å²) in [6.45, 7) is 0.723. The van der Waals surface area contributed by atoms with Crippen LogP contribution in [0.4, 0.5) is 0 Å². The van der Waals surface area contributed by atoms with Crippen LogP contribution >= 0.6 is 11.3 Å². The zero-order valence-electron chi connectivity index (χ0n) is 13.6. The molecule has 8 heteroatoms. The number of hydrogen-bond donors (Lipinski definition) is 2. The van der Waals surface area contributed by atoms with Gasteiger partial charge in [-0.1, -0.05) is 6.07 Å². The molecule has 3 rings (SSSR count). The van der Waals surface area contributed by atoms with Crippen LogP contribution in [0.3, 0.4) is 0 Å². The van der Waals surface area contributed by atoms with Gasteiger partial charge in [0.15, 0.2) is 0 Å². The Morgan fingerprint density at radius 3 is 2.67 bits per heavy atom. The average molecular weight is 373 g/mol. The van der Waals surface area contributed by atoms with Crippen molar-refractivity contribution in [2.24, 2.45) is 5.92 Å². The summed E-state index contributed by atoms with van der Waals surface area (Å²) in [6, 6.07) is 3.44. The second-order valence-corrected chi connectivity index (χ2v) is 9.76. The van der Waals surface area contributed by atoms with Crippen LogP contribution in [0, 0.1) is 5.92 Å². The number of carbonyl (C=O) groups is 1. The minimum absolute atomic E-state index is 0.0533. The van der Waals surface area contributed by atoms with Crippen LogP contribution in [0.25, 0.3) is 0 Å². The highest BCUT2D eigenvalue weighted by Crippen LogP contribution is 2.27. The Labute approximate surface area is 146 Å². The molecule has 0 aromatic carbocycles. The van der Waals surface area contributed by atoms with Crippen LogP contribution in [0.5, 0.6) is 0 Å². The van der Waals surface area contributed by atoms with Crippen molar-refractivity contribution in [3.63, 3.8) is 0 Å². The van der Waals surface area contributed by atoms with E-state index < -0.39 is 10.0 Å². The highest BCUT2D eigenvalue weighted by molar-refractivity contribution is 7.91. The molecule has 2 fully saturated rings. The third kappa shape index (κ3) is 3.99. The van der Waals surface area contributed by atoms with Crippen molar-refractivity contribution < 1.29 is 18.3 Å². The lowest BCUT2D eigenvalue weighted by Gasteiger charge is -2.33. The monoisotopic (exact) mass is 372 g/mol. The largest absolute Gasteiger partial charge is 0.393 e. The first-order valence-electron chi connectivity index (χ1n) is 8.49. The Balaban J connectivity index is 1.60. The van der Waals surface area contributed by atoms with Crippen molar-refractivity contribution >= 4 is 27.3 Å². The van der Waals surface area contributed by atoms with E-state index in [-0.39, 0.29) is 30.5 Å². The molecule has 1 aromatic heterocycles. The predicted molar refractivity (Wildman–Crippen MR) is 92.2 cm³/mol. The van der Waals surface area contributed by atoms with E-state index in [1.54, 1.807) is 17.5 Å². The van der Waals surface area contributed by atoms with Crippen LogP contribution < -0.4 is 5.32 Å². The molecule has 1 atom stereocenters. The number of aliphatic hydroxyl groups excluding tert-OH is 1. The van der Waals surface area contributed by atoms with Gasteiger partial charge in [0.2, 0.25) is 5.91 Å². The summed E-state index contributed by atoms with van der Waals surface area (Å²) in [6.07, 6.45) is 4.18. The fourth-order valence-electron chi connectivity index (χ4n) is 3.45. The third-order valence-electron chi connectivity index (χ3n) is 4.89. The van der Waals surface area contributed by atoms with Gasteiger partial charge in [-0.25, -0.2) is 8.42 Å². The van der Waals surface area contributed by atoms with Crippen molar-refractivity contribution in [2.75, 3.05) is 13.1 Å². The second kappa shape index (κ2) is 7.51. The van der Waals surface area contributed by atoms with Crippen molar-refractivity contribution in [3.05, 3.63) is 17.5 Å². The van der Waals surface area contributed by atoms with E-state index in [2.05, 4.69) is 5.32 Å². The minimum atomic E-state index is -3.49. The lowest BCUT2D eigenvalue weighted by molar-refractivity contribution is -0.127. The first kappa shape index (κ1) is 17.8.